The van der Waals surface area contributed by atoms with E-state index < -0.39 is 5.54 Å². The molecule has 2 aliphatic rings. The van der Waals surface area contributed by atoms with Crippen molar-refractivity contribution in [2.75, 3.05) is 0 Å². The SMILES string of the molecule is O=[N+]([O-])C12CCCC1C2. The Labute approximate surface area is 53.2 Å². The molecule has 3 nitrogen and oxygen atoms in total. The van der Waals surface area contributed by atoms with Crippen molar-refractivity contribution in [3.63, 3.8) is 0 Å². The Morgan fingerprint density at radius 3 is 2.67 bits per heavy atom. The van der Waals surface area contributed by atoms with Crippen LogP contribution in [-0.4, -0.2) is 10.5 Å². The fourth-order valence-electron chi connectivity index (χ4n) is 2.01. The molecule has 2 atom stereocenters. The van der Waals surface area contributed by atoms with Gasteiger partial charge in [0.25, 0.3) is 0 Å². The summed E-state index contributed by atoms with van der Waals surface area (Å²) in [6.07, 6.45) is 3.87. The molecule has 2 saturated carbocycles. The van der Waals surface area contributed by atoms with Crippen LogP contribution < -0.4 is 0 Å². The van der Waals surface area contributed by atoms with Crippen LogP contribution in [0.4, 0.5) is 0 Å². The van der Waals surface area contributed by atoms with E-state index in [4.69, 9.17) is 0 Å². The predicted octanol–water partition coefficient (Wildman–Crippen LogP) is 1.21. The molecule has 0 aromatic heterocycles. The Morgan fingerprint density at radius 1 is 1.67 bits per heavy atom. The lowest BCUT2D eigenvalue weighted by Crippen LogP contribution is -2.19. The topological polar surface area (TPSA) is 43.1 Å². The number of nitrogens with zero attached hydrogens (tertiary/aromatic N) is 1. The van der Waals surface area contributed by atoms with Crippen molar-refractivity contribution in [3.05, 3.63) is 10.1 Å². The van der Waals surface area contributed by atoms with E-state index in [0.717, 1.165) is 25.7 Å². The van der Waals surface area contributed by atoms with Gasteiger partial charge in [0.1, 0.15) is 0 Å². The van der Waals surface area contributed by atoms with Crippen molar-refractivity contribution in [2.45, 2.75) is 31.2 Å². The summed E-state index contributed by atoms with van der Waals surface area (Å²) >= 11 is 0. The van der Waals surface area contributed by atoms with Crippen molar-refractivity contribution < 1.29 is 4.92 Å². The highest BCUT2D eigenvalue weighted by Crippen LogP contribution is 2.57. The number of hydrogen-bond acceptors (Lipinski definition) is 2. The fraction of sp³-hybridized carbons (Fsp3) is 1.00. The Bertz CT molecular complexity index is 168. The third-order valence-corrected chi connectivity index (χ3v) is 2.73. The lowest BCUT2D eigenvalue weighted by Gasteiger charge is -1.98. The third kappa shape index (κ3) is 0.471. The van der Waals surface area contributed by atoms with E-state index in [1.54, 1.807) is 0 Å². The molecular formula is C6H9NO2. The molecule has 0 amide bonds. The van der Waals surface area contributed by atoms with Crippen molar-refractivity contribution in [2.24, 2.45) is 5.92 Å². The maximum atomic E-state index is 10.4. The zero-order valence-electron chi connectivity index (χ0n) is 5.17. The van der Waals surface area contributed by atoms with Gasteiger partial charge >= 0.3 is 0 Å². The molecule has 0 bridgehead atoms. The number of rotatable bonds is 1. The molecule has 0 N–H and O–H groups in total. The molecule has 2 fully saturated rings. The van der Waals surface area contributed by atoms with Crippen LogP contribution in [0.3, 0.4) is 0 Å². The van der Waals surface area contributed by atoms with Crippen LogP contribution in [0, 0.1) is 16.0 Å². The van der Waals surface area contributed by atoms with E-state index in [1.165, 1.54) is 0 Å². The highest BCUT2D eigenvalue weighted by atomic mass is 16.6. The molecule has 0 aromatic carbocycles. The average Bonchev–Trinajstić information content (AvgIpc) is 2.38. The van der Waals surface area contributed by atoms with Crippen molar-refractivity contribution in [3.8, 4) is 0 Å². The molecule has 0 aliphatic heterocycles. The Balaban J connectivity index is 2.19. The zero-order chi connectivity index (χ0) is 6.48. The molecule has 0 saturated heterocycles. The molecule has 2 unspecified atom stereocenters. The van der Waals surface area contributed by atoms with Crippen LogP contribution in [0.15, 0.2) is 0 Å². The quantitative estimate of drug-likeness (QED) is 0.392. The van der Waals surface area contributed by atoms with Gasteiger partial charge in [-0.15, -0.1) is 0 Å². The van der Waals surface area contributed by atoms with Crippen molar-refractivity contribution in [1.29, 1.82) is 0 Å². The molecule has 50 valence electrons. The van der Waals surface area contributed by atoms with Crippen molar-refractivity contribution >= 4 is 0 Å². The first-order valence-electron chi connectivity index (χ1n) is 3.40. The summed E-state index contributed by atoms with van der Waals surface area (Å²) < 4.78 is 0. The first-order chi connectivity index (χ1) is 4.26. The van der Waals surface area contributed by atoms with Crippen LogP contribution in [0.5, 0.6) is 0 Å². The maximum absolute atomic E-state index is 10.4. The van der Waals surface area contributed by atoms with E-state index in [-0.39, 0.29) is 4.92 Å². The molecule has 0 heterocycles. The second-order valence-electron chi connectivity index (χ2n) is 3.15. The predicted molar refractivity (Wildman–Crippen MR) is 31.7 cm³/mol. The molecule has 0 aromatic rings. The van der Waals surface area contributed by atoms with Gasteiger partial charge in [0, 0.05) is 23.7 Å². The third-order valence-electron chi connectivity index (χ3n) is 2.73. The molecule has 0 spiro atoms. The summed E-state index contributed by atoms with van der Waals surface area (Å²) in [5.74, 6) is 0.451. The normalized spacial score (nSPS) is 46.4. The standard InChI is InChI=1S/C6H9NO2/c8-7(9)6-3-1-2-5(6)4-6/h5H,1-4H2. The minimum absolute atomic E-state index is 0.0648. The monoisotopic (exact) mass is 127 g/mol. The first kappa shape index (κ1) is 5.21. The van der Waals surface area contributed by atoms with Crippen LogP contribution >= 0.6 is 0 Å². The zero-order valence-corrected chi connectivity index (χ0v) is 5.17. The number of fused-ring (bicyclic) bond motifs is 1. The van der Waals surface area contributed by atoms with Gasteiger partial charge in [-0.3, -0.25) is 10.1 Å². The molecule has 3 heteroatoms. The minimum Gasteiger partial charge on any atom is -0.264 e. The summed E-state index contributed by atoms with van der Waals surface area (Å²) in [4.78, 5) is 10.3. The van der Waals surface area contributed by atoms with E-state index in [2.05, 4.69) is 0 Å². The van der Waals surface area contributed by atoms with Gasteiger partial charge < -0.3 is 0 Å². The highest BCUT2D eigenvalue weighted by Gasteiger charge is 2.68. The van der Waals surface area contributed by atoms with E-state index in [9.17, 15) is 10.1 Å². The number of nitro groups is 1. The molecule has 9 heavy (non-hydrogen) atoms. The van der Waals surface area contributed by atoms with Crippen molar-refractivity contribution in [1.82, 2.24) is 0 Å². The largest absolute Gasteiger partial charge is 0.264 e. The molecule has 2 rings (SSSR count). The van der Waals surface area contributed by atoms with Crippen LogP contribution in [0.1, 0.15) is 25.7 Å². The Hall–Kier alpha value is -0.600. The lowest BCUT2D eigenvalue weighted by molar-refractivity contribution is -0.540. The van der Waals surface area contributed by atoms with Crippen LogP contribution in [0.2, 0.25) is 0 Å². The molecule has 2 aliphatic carbocycles. The van der Waals surface area contributed by atoms with Gasteiger partial charge in [-0.2, -0.15) is 0 Å². The van der Waals surface area contributed by atoms with Gasteiger partial charge in [-0.25, -0.2) is 0 Å². The Kier molecular flexibility index (Phi) is 0.739. The lowest BCUT2D eigenvalue weighted by atomic mass is 10.2. The van der Waals surface area contributed by atoms with Gasteiger partial charge in [-0.1, -0.05) is 0 Å². The molecular weight excluding hydrogens is 118 g/mol. The van der Waals surface area contributed by atoms with E-state index in [1.807, 2.05) is 0 Å². The minimum atomic E-state index is -0.417. The van der Waals surface area contributed by atoms with Crippen LogP contribution in [0.25, 0.3) is 0 Å². The van der Waals surface area contributed by atoms with Crippen LogP contribution in [-0.2, 0) is 0 Å². The number of hydrogen-bond donors (Lipinski definition) is 0. The smallest absolute Gasteiger partial charge is 0.225 e. The summed E-state index contributed by atoms with van der Waals surface area (Å²) in [6.45, 7) is 0. The van der Waals surface area contributed by atoms with E-state index in [0.29, 0.717) is 5.92 Å². The van der Waals surface area contributed by atoms with Gasteiger partial charge in [0.2, 0.25) is 5.54 Å². The van der Waals surface area contributed by atoms with E-state index >= 15 is 0 Å². The second-order valence-corrected chi connectivity index (χ2v) is 3.15. The molecule has 0 radical (unpaired) electrons. The van der Waals surface area contributed by atoms with Gasteiger partial charge in [-0.05, 0) is 12.8 Å². The first-order valence-corrected chi connectivity index (χ1v) is 3.40. The van der Waals surface area contributed by atoms with Gasteiger partial charge in [0.15, 0.2) is 0 Å². The highest BCUT2D eigenvalue weighted by molar-refractivity contribution is 5.08. The summed E-state index contributed by atoms with van der Waals surface area (Å²) in [6, 6.07) is 0. The summed E-state index contributed by atoms with van der Waals surface area (Å²) in [5, 5.41) is 10.4. The Morgan fingerprint density at radius 2 is 2.44 bits per heavy atom. The maximum Gasteiger partial charge on any atom is 0.225 e. The summed E-state index contributed by atoms with van der Waals surface area (Å²) in [7, 11) is 0. The fourth-order valence-corrected chi connectivity index (χ4v) is 2.01. The second kappa shape index (κ2) is 1.28. The average molecular weight is 127 g/mol. The summed E-state index contributed by atoms with van der Waals surface area (Å²) in [5.41, 5.74) is -0.417. The van der Waals surface area contributed by atoms with Gasteiger partial charge in [0.05, 0.1) is 0 Å².